The van der Waals surface area contributed by atoms with E-state index in [2.05, 4.69) is 17.4 Å². The Hall–Kier alpha value is -0.940. The van der Waals surface area contributed by atoms with Crippen LogP contribution >= 0.6 is 0 Å². The van der Waals surface area contributed by atoms with Gasteiger partial charge >= 0.3 is 0 Å². The Kier molecular flexibility index (Phi) is 5.34. The summed E-state index contributed by atoms with van der Waals surface area (Å²) in [6.07, 6.45) is 2.37. The van der Waals surface area contributed by atoms with E-state index in [1.54, 1.807) is 0 Å². The highest BCUT2D eigenvalue weighted by Crippen LogP contribution is 2.21. The molecular formula is C15H24N2O2. The molecule has 2 atom stereocenters. The second-order valence-electron chi connectivity index (χ2n) is 5.36. The highest BCUT2D eigenvalue weighted by atomic mass is 16.5. The number of aliphatic hydroxyl groups is 1. The van der Waals surface area contributed by atoms with Gasteiger partial charge in [0.15, 0.2) is 0 Å². The molecule has 4 heteroatoms. The van der Waals surface area contributed by atoms with Gasteiger partial charge in [-0.2, -0.15) is 0 Å². The molecule has 0 radical (unpaired) electrons. The van der Waals surface area contributed by atoms with Crippen LogP contribution in [0.15, 0.2) is 30.3 Å². The molecule has 0 bridgehead atoms. The van der Waals surface area contributed by atoms with E-state index >= 15 is 0 Å². The maximum Gasteiger partial charge on any atom is 0.0796 e. The topological polar surface area (TPSA) is 67.5 Å². The number of nitrogens with one attached hydrogen (secondary N) is 1. The molecule has 1 fully saturated rings. The maximum atomic E-state index is 10.2. The summed E-state index contributed by atoms with van der Waals surface area (Å²) in [6.45, 7) is 2.52. The Balaban J connectivity index is 1.66. The van der Waals surface area contributed by atoms with Crippen molar-refractivity contribution in [1.82, 2.24) is 5.32 Å². The smallest absolute Gasteiger partial charge is 0.0796 e. The number of benzene rings is 1. The average molecular weight is 264 g/mol. The molecule has 2 rings (SSSR count). The highest BCUT2D eigenvalue weighted by Gasteiger charge is 2.32. The van der Waals surface area contributed by atoms with E-state index < -0.39 is 5.60 Å². The van der Waals surface area contributed by atoms with Crippen LogP contribution in [-0.4, -0.2) is 36.4 Å². The minimum absolute atomic E-state index is 0.304. The summed E-state index contributed by atoms with van der Waals surface area (Å²) in [4.78, 5) is 0. The van der Waals surface area contributed by atoms with Gasteiger partial charge in [0.1, 0.15) is 0 Å². The standard InChI is InChI=1S/C15H24N2O2/c16-12-15(18)7-8-17-14(10-15)6-9-19-11-13-4-2-1-3-5-13/h1-5,14,17-18H,6-12,16H2. The maximum absolute atomic E-state index is 10.2. The largest absolute Gasteiger partial charge is 0.388 e. The van der Waals surface area contributed by atoms with Crippen molar-refractivity contribution in [3.63, 3.8) is 0 Å². The minimum Gasteiger partial charge on any atom is -0.388 e. The average Bonchev–Trinajstić information content (AvgIpc) is 2.45. The lowest BCUT2D eigenvalue weighted by Gasteiger charge is -2.36. The molecule has 2 unspecified atom stereocenters. The zero-order chi connectivity index (χ0) is 13.6. The third-order valence-corrected chi connectivity index (χ3v) is 3.75. The summed E-state index contributed by atoms with van der Waals surface area (Å²) < 4.78 is 5.67. The molecule has 1 aliphatic rings. The summed E-state index contributed by atoms with van der Waals surface area (Å²) >= 11 is 0. The molecule has 106 valence electrons. The summed E-state index contributed by atoms with van der Waals surface area (Å²) in [5, 5.41) is 13.6. The number of piperidine rings is 1. The van der Waals surface area contributed by atoms with Gasteiger partial charge in [-0.1, -0.05) is 30.3 Å². The first-order valence-corrected chi connectivity index (χ1v) is 6.99. The second kappa shape index (κ2) is 7.01. The Morgan fingerprint density at radius 3 is 2.89 bits per heavy atom. The first kappa shape index (κ1) is 14.5. The van der Waals surface area contributed by atoms with E-state index in [1.165, 1.54) is 5.56 Å². The van der Waals surface area contributed by atoms with Gasteiger partial charge in [0.05, 0.1) is 12.2 Å². The van der Waals surface area contributed by atoms with Crippen LogP contribution < -0.4 is 11.1 Å². The van der Waals surface area contributed by atoms with Crippen LogP contribution in [0.25, 0.3) is 0 Å². The summed E-state index contributed by atoms with van der Waals surface area (Å²) in [5.74, 6) is 0. The zero-order valence-electron chi connectivity index (χ0n) is 11.3. The van der Waals surface area contributed by atoms with Crippen molar-refractivity contribution in [2.45, 2.75) is 37.5 Å². The number of hydrogen-bond acceptors (Lipinski definition) is 4. The second-order valence-corrected chi connectivity index (χ2v) is 5.36. The molecule has 1 saturated heterocycles. The Morgan fingerprint density at radius 2 is 2.16 bits per heavy atom. The fraction of sp³-hybridized carbons (Fsp3) is 0.600. The normalized spacial score (nSPS) is 27.4. The monoisotopic (exact) mass is 264 g/mol. The van der Waals surface area contributed by atoms with Crippen LogP contribution in [-0.2, 0) is 11.3 Å². The third kappa shape index (κ3) is 4.58. The Morgan fingerprint density at radius 1 is 1.37 bits per heavy atom. The molecule has 1 aromatic carbocycles. The van der Waals surface area contributed by atoms with Gasteiger partial charge in [0, 0.05) is 19.2 Å². The lowest BCUT2D eigenvalue weighted by atomic mass is 9.87. The van der Waals surface area contributed by atoms with Crippen molar-refractivity contribution in [2.24, 2.45) is 5.73 Å². The fourth-order valence-electron chi connectivity index (χ4n) is 2.52. The molecule has 1 heterocycles. The first-order chi connectivity index (χ1) is 9.22. The summed E-state index contributed by atoms with van der Waals surface area (Å²) in [5.41, 5.74) is 6.13. The Labute approximate surface area is 115 Å². The SMILES string of the molecule is NCC1(O)CCNC(CCOCc2ccccc2)C1. The highest BCUT2D eigenvalue weighted by molar-refractivity contribution is 5.13. The molecule has 0 spiro atoms. The molecule has 1 aromatic rings. The van der Waals surface area contributed by atoms with Crippen LogP contribution in [0, 0.1) is 0 Å². The number of ether oxygens (including phenoxy) is 1. The van der Waals surface area contributed by atoms with E-state index in [0.717, 1.165) is 25.8 Å². The number of hydrogen-bond donors (Lipinski definition) is 3. The van der Waals surface area contributed by atoms with E-state index in [1.807, 2.05) is 18.2 Å². The van der Waals surface area contributed by atoms with Crippen LogP contribution in [0.4, 0.5) is 0 Å². The van der Waals surface area contributed by atoms with Gasteiger partial charge in [-0.15, -0.1) is 0 Å². The van der Waals surface area contributed by atoms with Gasteiger partial charge in [-0.25, -0.2) is 0 Å². The van der Waals surface area contributed by atoms with E-state index in [0.29, 0.717) is 25.8 Å². The number of rotatable bonds is 6. The molecule has 4 N–H and O–H groups in total. The van der Waals surface area contributed by atoms with Crippen LogP contribution in [0.5, 0.6) is 0 Å². The van der Waals surface area contributed by atoms with Gasteiger partial charge in [0.25, 0.3) is 0 Å². The predicted octanol–water partition coefficient (Wildman–Crippen LogP) is 1.04. The molecule has 0 aromatic heterocycles. The summed E-state index contributed by atoms with van der Waals surface area (Å²) in [6, 6.07) is 10.5. The first-order valence-electron chi connectivity index (χ1n) is 6.99. The van der Waals surface area contributed by atoms with Gasteiger partial charge in [0.2, 0.25) is 0 Å². The predicted molar refractivity (Wildman–Crippen MR) is 75.7 cm³/mol. The fourth-order valence-corrected chi connectivity index (χ4v) is 2.52. The van der Waals surface area contributed by atoms with Gasteiger partial charge in [-0.05, 0) is 31.4 Å². The zero-order valence-corrected chi connectivity index (χ0v) is 11.3. The minimum atomic E-state index is -0.685. The molecule has 0 aliphatic carbocycles. The van der Waals surface area contributed by atoms with Crippen molar-refractivity contribution < 1.29 is 9.84 Å². The summed E-state index contributed by atoms with van der Waals surface area (Å²) in [7, 11) is 0. The van der Waals surface area contributed by atoms with E-state index in [-0.39, 0.29) is 0 Å². The van der Waals surface area contributed by atoms with Crippen LogP contribution in [0.1, 0.15) is 24.8 Å². The molecule has 19 heavy (non-hydrogen) atoms. The third-order valence-electron chi connectivity index (χ3n) is 3.75. The number of nitrogens with two attached hydrogens (primary N) is 1. The molecule has 4 nitrogen and oxygen atoms in total. The van der Waals surface area contributed by atoms with Crippen molar-refractivity contribution in [2.75, 3.05) is 19.7 Å². The molecule has 0 amide bonds. The van der Waals surface area contributed by atoms with Gasteiger partial charge in [-0.3, -0.25) is 0 Å². The van der Waals surface area contributed by atoms with Crippen molar-refractivity contribution in [3.05, 3.63) is 35.9 Å². The quantitative estimate of drug-likeness (QED) is 0.672. The van der Waals surface area contributed by atoms with Crippen molar-refractivity contribution >= 4 is 0 Å². The molecular weight excluding hydrogens is 240 g/mol. The van der Waals surface area contributed by atoms with E-state index in [4.69, 9.17) is 10.5 Å². The van der Waals surface area contributed by atoms with Crippen LogP contribution in [0.3, 0.4) is 0 Å². The van der Waals surface area contributed by atoms with Gasteiger partial charge < -0.3 is 20.9 Å². The van der Waals surface area contributed by atoms with Crippen molar-refractivity contribution in [1.29, 1.82) is 0 Å². The molecule has 0 saturated carbocycles. The van der Waals surface area contributed by atoms with Crippen LogP contribution in [0.2, 0.25) is 0 Å². The molecule has 1 aliphatic heterocycles. The van der Waals surface area contributed by atoms with E-state index in [9.17, 15) is 5.11 Å². The van der Waals surface area contributed by atoms with Crippen molar-refractivity contribution in [3.8, 4) is 0 Å². The Bertz CT molecular complexity index is 372. The lowest BCUT2D eigenvalue weighted by Crippen LogP contribution is -2.52. The lowest BCUT2D eigenvalue weighted by molar-refractivity contribution is -0.00213.